The van der Waals surface area contributed by atoms with E-state index >= 15 is 0 Å². The molecule has 6 nitrogen and oxygen atoms in total. The van der Waals surface area contributed by atoms with Gasteiger partial charge in [-0.3, -0.25) is 0 Å². The molecule has 0 spiro atoms. The molecule has 2 fully saturated rings. The van der Waals surface area contributed by atoms with Gasteiger partial charge in [-0.1, -0.05) is 12.5 Å². The first-order chi connectivity index (χ1) is 11.6. The van der Waals surface area contributed by atoms with Gasteiger partial charge in [0, 0.05) is 31.3 Å². The highest BCUT2D eigenvalue weighted by atomic mass is 32.2. The highest BCUT2D eigenvalue weighted by Crippen LogP contribution is 2.41. The molecular weight excluding hydrogens is 328 g/mol. The maximum atomic E-state index is 13.1. The molecule has 2 aliphatic rings. The van der Waals surface area contributed by atoms with E-state index in [0.29, 0.717) is 31.1 Å². The van der Waals surface area contributed by atoms with Crippen LogP contribution in [0.2, 0.25) is 0 Å². The maximum Gasteiger partial charge on any atom is 0.282 e. The van der Waals surface area contributed by atoms with E-state index in [4.69, 9.17) is 9.47 Å². The summed E-state index contributed by atoms with van der Waals surface area (Å²) in [6.45, 7) is 1.83. The summed E-state index contributed by atoms with van der Waals surface area (Å²) in [5.41, 5.74) is 0.913. The van der Waals surface area contributed by atoms with Gasteiger partial charge in [-0.2, -0.15) is 17.0 Å². The lowest BCUT2D eigenvalue weighted by Gasteiger charge is -2.33. The van der Waals surface area contributed by atoms with Crippen molar-refractivity contribution in [2.75, 3.05) is 33.9 Å². The summed E-state index contributed by atoms with van der Waals surface area (Å²) in [6, 6.07) is 5.44. The summed E-state index contributed by atoms with van der Waals surface area (Å²) in [7, 11) is -0.204. The van der Waals surface area contributed by atoms with E-state index in [1.807, 2.05) is 18.2 Å². The largest absolute Gasteiger partial charge is 0.497 e. The molecule has 24 heavy (non-hydrogen) atoms. The Balaban J connectivity index is 1.90. The molecule has 1 unspecified atom stereocenters. The summed E-state index contributed by atoms with van der Waals surface area (Å²) in [4.78, 5) is 0. The molecule has 0 aromatic heterocycles. The van der Waals surface area contributed by atoms with Gasteiger partial charge < -0.3 is 9.47 Å². The van der Waals surface area contributed by atoms with Gasteiger partial charge in [0.2, 0.25) is 0 Å². The van der Waals surface area contributed by atoms with Crippen molar-refractivity contribution in [3.8, 4) is 11.5 Å². The third-order valence-corrected chi connectivity index (χ3v) is 6.99. The number of nitrogens with zero attached hydrogens (tertiary/aromatic N) is 2. The third kappa shape index (κ3) is 3.25. The zero-order valence-corrected chi connectivity index (χ0v) is 15.2. The Bertz CT molecular complexity index is 671. The van der Waals surface area contributed by atoms with Crippen molar-refractivity contribution in [3.63, 3.8) is 0 Å². The van der Waals surface area contributed by atoms with Crippen LogP contribution in [0.1, 0.15) is 43.7 Å². The predicted molar refractivity (Wildman–Crippen MR) is 92.6 cm³/mol. The van der Waals surface area contributed by atoms with Gasteiger partial charge in [0.15, 0.2) is 0 Å². The SMILES string of the molecule is COc1ccc(C2CCCN2S(=O)(=O)N2CCCCC2)c(OC)c1. The van der Waals surface area contributed by atoms with E-state index in [1.54, 1.807) is 22.8 Å². The lowest BCUT2D eigenvalue weighted by atomic mass is 10.0. The smallest absolute Gasteiger partial charge is 0.282 e. The van der Waals surface area contributed by atoms with Gasteiger partial charge in [0.25, 0.3) is 10.2 Å². The van der Waals surface area contributed by atoms with Crippen molar-refractivity contribution in [2.45, 2.75) is 38.1 Å². The Hall–Kier alpha value is -1.31. The number of piperidine rings is 1. The normalized spacial score (nSPS) is 23.3. The minimum Gasteiger partial charge on any atom is -0.497 e. The van der Waals surface area contributed by atoms with Crippen LogP contribution in [0.3, 0.4) is 0 Å². The minimum absolute atomic E-state index is 0.169. The van der Waals surface area contributed by atoms with Gasteiger partial charge >= 0.3 is 0 Å². The zero-order valence-electron chi connectivity index (χ0n) is 14.4. The summed E-state index contributed by atoms with van der Waals surface area (Å²) in [5, 5.41) is 0. The van der Waals surface area contributed by atoms with Gasteiger partial charge in [-0.05, 0) is 31.7 Å². The first-order valence-corrected chi connectivity index (χ1v) is 9.96. The summed E-state index contributed by atoms with van der Waals surface area (Å²) in [6.07, 6.45) is 4.69. The number of ether oxygens (including phenoxy) is 2. The van der Waals surface area contributed by atoms with Crippen LogP contribution in [-0.2, 0) is 10.2 Å². The van der Waals surface area contributed by atoms with Gasteiger partial charge in [-0.25, -0.2) is 0 Å². The Morgan fingerprint density at radius 3 is 2.42 bits per heavy atom. The van der Waals surface area contributed by atoms with Crippen molar-refractivity contribution in [1.29, 1.82) is 0 Å². The third-order valence-electron chi connectivity index (χ3n) is 4.94. The fraction of sp³-hybridized carbons (Fsp3) is 0.647. The standard InChI is InChI=1S/C17H26N2O4S/c1-22-14-8-9-15(17(13-14)23-2)16-7-6-12-19(16)24(20,21)18-10-4-3-5-11-18/h8-9,13,16H,3-7,10-12H2,1-2H3. The first kappa shape index (κ1) is 17.5. The Morgan fingerprint density at radius 2 is 1.75 bits per heavy atom. The number of hydrogen-bond acceptors (Lipinski definition) is 4. The molecule has 2 aliphatic heterocycles. The van der Waals surface area contributed by atoms with Crippen LogP contribution in [0, 0.1) is 0 Å². The molecule has 0 saturated carbocycles. The molecule has 2 saturated heterocycles. The Labute approximate surface area is 144 Å². The highest BCUT2D eigenvalue weighted by Gasteiger charge is 2.40. The average molecular weight is 354 g/mol. The lowest BCUT2D eigenvalue weighted by Crippen LogP contribution is -2.45. The van der Waals surface area contributed by atoms with Crippen molar-refractivity contribution in [1.82, 2.24) is 8.61 Å². The quantitative estimate of drug-likeness (QED) is 0.815. The van der Waals surface area contributed by atoms with Crippen LogP contribution in [0.4, 0.5) is 0 Å². The lowest BCUT2D eigenvalue weighted by molar-refractivity contribution is 0.293. The van der Waals surface area contributed by atoms with E-state index in [0.717, 1.165) is 37.7 Å². The molecular formula is C17H26N2O4S. The number of benzene rings is 1. The van der Waals surface area contributed by atoms with Gasteiger partial charge in [-0.15, -0.1) is 0 Å². The molecule has 0 N–H and O–H groups in total. The molecule has 1 atom stereocenters. The monoisotopic (exact) mass is 354 g/mol. The molecule has 3 rings (SSSR count). The Kier molecular flexibility index (Phi) is 5.32. The van der Waals surface area contributed by atoms with Crippen LogP contribution in [-0.4, -0.2) is 50.9 Å². The maximum absolute atomic E-state index is 13.1. The highest BCUT2D eigenvalue weighted by molar-refractivity contribution is 7.86. The molecule has 0 amide bonds. The first-order valence-electron chi connectivity index (χ1n) is 8.57. The van der Waals surface area contributed by atoms with Crippen LogP contribution >= 0.6 is 0 Å². The van der Waals surface area contributed by atoms with Crippen LogP contribution in [0.5, 0.6) is 11.5 Å². The second-order valence-electron chi connectivity index (χ2n) is 6.34. The molecule has 0 bridgehead atoms. The topological polar surface area (TPSA) is 59.1 Å². The summed E-state index contributed by atoms with van der Waals surface area (Å²) < 4.78 is 40.2. The number of methoxy groups -OCH3 is 2. The summed E-state index contributed by atoms with van der Waals surface area (Å²) >= 11 is 0. The molecule has 0 radical (unpaired) electrons. The van der Waals surface area contributed by atoms with E-state index in [1.165, 1.54) is 0 Å². The van der Waals surface area contributed by atoms with E-state index < -0.39 is 10.2 Å². The Morgan fingerprint density at radius 1 is 1.00 bits per heavy atom. The molecule has 1 aromatic carbocycles. The predicted octanol–water partition coefficient (Wildman–Crippen LogP) is 2.57. The van der Waals surface area contributed by atoms with Crippen LogP contribution in [0.15, 0.2) is 18.2 Å². The van der Waals surface area contributed by atoms with Crippen LogP contribution < -0.4 is 9.47 Å². The zero-order chi connectivity index (χ0) is 17.2. The number of hydrogen-bond donors (Lipinski definition) is 0. The average Bonchev–Trinajstić information content (AvgIpc) is 3.12. The van der Waals surface area contributed by atoms with Crippen molar-refractivity contribution >= 4 is 10.2 Å². The molecule has 1 aromatic rings. The van der Waals surface area contributed by atoms with E-state index in [-0.39, 0.29) is 6.04 Å². The molecule has 0 aliphatic carbocycles. The van der Waals surface area contributed by atoms with Crippen molar-refractivity contribution < 1.29 is 17.9 Å². The number of rotatable bonds is 5. The van der Waals surface area contributed by atoms with Gasteiger partial charge in [0.05, 0.1) is 20.3 Å². The van der Waals surface area contributed by atoms with Crippen molar-refractivity contribution in [2.24, 2.45) is 0 Å². The van der Waals surface area contributed by atoms with Crippen LogP contribution in [0.25, 0.3) is 0 Å². The summed E-state index contributed by atoms with van der Waals surface area (Å²) in [5.74, 6) is 1.39. The fourth-order valence-corrected chi connectivity index (χ4v) is 5.58. The van der Waals surface area contributed by atoms with Gasteiger partial charge in [0.1, 0.15) is 11.5 Å². The molecule has 7 heteroatoms. The second kappa shape index (κ2) is 7.29. The minimum atomic E-state index is -3.42. The van der Waals surface area contributed by atoms with E-state index in [9.17, 15) is 8.42 Å². The van der Waals surface area contributed by atoms with Crippen molar-refractivity contribution in [3.05, 3.63) is 23.8 Å². The fourth-order valence-electron chi connectivity index (χ4n) is 3.66. The molecule has 134 valence electrons. The second-order valence-corrected chi connectivity index (χ2v) is 8.23. The molecule has 2 heterocycles. The van der Waals surface area contributed by atoms with E-state index in [2.05, 4.69) is 0 Å².